The first-order chi connectivity index (χ1) is 13.7. The molecule has 0 unspecified atom stereocenters. The summed E-state index contributed by atoms with van der Waals surface area (Å²) in [6.45, 7) is 7.67. The van der Waals surface area contributed by atoms with Gasteiger partial charge in [-0.05, 0) is 63.1 Å². The number of pyridine rings is 1. The van der Waals surface area contributed by atoms with Gasteiger partial charge in [-0.1, -0.05) is 23.8 Å². The number of rotatable bonds is 6. The maximum absolute atomic E-state index is 12.9. The van der Waals surface area contributed by atoms with Crippen molar-refractivity contribution in [3.63, 3.8) is 0 Å². The van der Waals surface area contributed by atoms with E-state index < -0.39 is 15.3 Å². The third-order valence-corrected chi connectivity index (χ3v) is 5.95. The van der Waals surface area contributed by atoms with Crippen molar-refractivity contribution in [3.05, 3.63) is 75.4 Å². The molecule has 3 aromatic rings. The molecule has 29 heavy (non-hydrogen) atoms. The molecule has 0 bridgehead atoms. The van der Waals surface area contributed by atoms with Gasteiger partial charge in [0, 0.05) is 6.07 Å². The number of aromatic amines is 1. The Hall–Kier alpha value is -3.06. The van der Waals surface area contributed by atoms with Gasteiger partial charge in [0.1, 0.15) is 10.8 Å². The highest BCUT2D eigenvalue weighted by Crippen LogP contribution is 2.30. The van der Waals surface area contributed by atoms with Gasteiger partial charge in [0.2, 0.25) is 26.9 Å². The highest BCUT2D eigenvalue weighted by molar-refractivity contribution is 7.91. The number of benzene rings is 2. The average Bonchev–Trinajstić information content (AvgIpc) is 2.64. The summed E-state index contributed by atoms with van der Waals surface area (Å²) in [5.74, 6) is 0.368. The monoisotopic (exact) mass is 413 g/mol. The third kappa shape index (κ3) is 4.51. The van der Waals surface area contributed by atoms with E-state index in [1.165, 1.54) is 12.1 Å². The van der Waals surface area contributed by atoms with E-state index >= 15 is 0 Å². The van der Waals surface area contributed by atoms with Crippen LogP contribution in [0.1, 0.15) is 23.6 Å². The molecule has 1 aromatic heterocycles. The lowest BCUT2D eigenvalue weighted by molar-refractivity contribution is 0.304. The van der Waals surface area contributed by atoms with Crippen LogP contribution < -0.4 is 14.9 Å². The Balaban J connectivity index is 2.09. The van der Waals surface area contributed by atoms with Crippen molar-refractivity contribution in [1.82, 2.24) is 4.98 Å². The largest absolute Gasteiger partial charge is 0.477 e. The third-order valence-electron chi connectivity index (χ3n) is 4.25. The van der Waals surface area contributed by atoms with Crippen LogP contribution in [0.2, 0.25) is 0 Å². The molecular formula is C22H23NO5S. The van der Waals surface area contributed by atoms with Crippen LogP contribution in [0, 0.1) is 20.8 Å². The first kappa shape index (κ1) is 20.7. The fraction of sp³-hybridized carbons (Fsp3) is 0.227. The summed E-state index contributed by atoms with van der Waals surface area (Å²) < 4.78 is 37.2. The molecular weight excluding hydrogens is 390 g/mol. The average molecular weight is 413 g/mol. The van der Waals surface area contributed by atoms with Gasteiger partial charge >= 0.3 is 0 Å². The normalized spacial score (nSPS) is 11.3. The van der Waals surface area contributed by atoms with Crippen LogP contribution in [-0.4, -0.2) is 20.0 Å². The van der Waals surface area contributed by atoms with E-state index in [-0.39, 0.29) is 28.2 Å². The smallest absolute Gasteiger partial charge is 0.240 e. The zero-order valence-electron chi connectivity index (χ0n) is 16.8. The molecule has 1 heterocycles. The lowest BCUT2D eigenvalue weighted by Crippen LogP contribution is -2.14. The lowest BCUT2D eigenvalue weighted by atomic mass is 10.1. The van der Waals surface area contributed by atoms with E-state index in [1.54, 1.807) is 31.2 Å². The summed E-state index contributed by atoms with van der Waals surface area (Å²) in [6, 6.07) is 13.0. The summed E-state index contributed by atoms with van der Waals surface area (Å²) in [5.41, 5.74) is 2.31. The number of aryl methyl sites for hydroxylation is 3. The van der Waals surface area contributed by atoms with E-state index in [0.717, 1.165) is 22.8 Å². The van der Waals surface area contributed by atoms with Gasteiger partial charge in [-0.25, -0.2) is 8.42 Å². The Morgan fingerprint density at radius 1 is 0.897 bits per heavy atom. The Morgan fingerprint density at radius 2 is 1.52 bits per heavy atom. The van der Waals surface area contributed by atoms with Crippen LogP contribution in [0.5, 0.6) is 17.4 Å². The number of aromatic nitrogens is 1. The zero-order chi connectivity index (χ0) is 21.2. The fourth-order valence-electron chi connectivity index (χ4n) is 2.94. The van der Waals surface area contributed by atoms with Crippen molar-refractivity contribution in [1.29, 1.82) is 0 Å². The SMILES string of the molecule is CCOc1[nH]c(S(=O)(=O)c2ccc(C)cc2)cc(=O)c1Oc1cc(C)cc(C)c1. The molecule has 0 saturated heterocycles. The molecule has 7 heteroatoms. The van der Waals surface area contributed by atoms with Crippen molar-refractivity contribution in [2.24, 2.45) is 0 Å². The van der Waals surface area contributed by atoms with E-state index in [4.69, 9.17) is 9.47 Å². The van der Waals surface area contributed by atoms with Crippen molar-refractivity contribution < 1.29 is 17.9 Å². The molecule has 152 valence electrons. The summed E-state index contributed by atoms with van der Waals surface area (Å²) in [6.07, 6.45) is 0. The van der Waals surface area contributed by atoms with Crippen LogP contribution in [0.4, 0.5) is 0 Å². The van der Waals surface area contributed by atoms with Gasteiger partial charge in [0.15, 0.2) is 0 Å². The summed E-state index contributed by atoms with van der Waals surface area (Å²) >= 11 is 0. The van der Waals surface area contributed by atoms with Gasteiger partial charge in [0.05, 0.1) is 11.5 Å². The second-order valence-electron chi connectivity index (χ2n) is 6.83. The molecule has 0 aliphatic heterocycles. The van der Waals surface area contributed by atoms with Crippen molar-refractivity contribution in [2.45, 2.75) is 37.6 Å². The molecule has 0 radical (unpaired) electrons. The minimum atomic E-state index is -3.91. The first-order valence-corrected chi connectivity index (χ1v) is 10.7. The van der Waals surface area contributed by atoms with Crippen LogP contribution in [0.15, 0.2) is 63.2 Å². The van der Waals surface area contributed by atoms with E-state index in [1.807, 2.05) is 26.8 Å². The standard InChI is InChI=1S/C22H23NO5S/c1-5-27-22-21(28-17-11-15(3)10-16(4)12-17)19(24)13-20(23-22)29(25,26)18-8-6-14(2)7-9-18/h6-13H,5H2,1-4H3,(H,23,24). The van der Waals surface area contributed by atoms with Gasteiger partial charge in [-0.2, -0.15) is 0 Å². The van der Waals surface area contributed by atoms with Crippen molar-refractivity contribution >= 4 is 9.84 Å². The lowest BCUT2D eigenvalue weighted by Gasteiger charge is -2.14. The number of ether oxygens (including phenoxy) is 2. The number of H-pyrrole nitrogens is 1. The molecule has 0 atom stereocenters. The van der Waals surface area contributed by atoms with Gasteiger partial charge in [-0.3, -0.25) is 4.79 Å². The molecule has 0 spiro atoms. The maximum Gasteiger partial charge on any atom is 0.240 e. The predicted molar refractivity (Wildman–Crippen MR) is 111 cm³/mol. The molecule has 0 aliphatic carbocycles. The Labute approximate surface area is 170 Å². The van der Waals surface area contributed by atoms with E-state index in [0.29, 0.717) is 5.75 Å². The zero-order valence-corrected chi connectivity index (χ0v) is 17.6. The maximum atomic E-state index is 12.9. The summed E-state index contributed by atoms with van der Waals surface area (Å²) in [5, 5.41) is -0.248. The number of nitrogens with one attached hydrogen (secondary N) is 1. The van der Waals surface area contributed by atoms with E-state index in [9.17, 15) is 13.2 Å². The van der Waals surface area contributed by atoms with Crippen molar-refractivity contribution in [2.75, 3.05) is 6.61 Å². The Morgan fingerprint density at radius 3 is 2.10 bits per heavy atom. The van der Waals surface area contributed by atoms with Crippen LogP contribution in [0.25, 0.3) is 0 Å². The Bertz CT molecular complexity index is 1170. The highest BCUT2D eigenvalue weighted by atomic mass is 32.2. The topological polar surface area (TPSA) is 85.5 Å². The molecule has 0 saturated carbocycles. The minimum Gasteiger partial charge on any atom is -0.477 e. The molecule has 2 aromatic carbocycles. The molecule has 0 amide bonds. The van der Waals surface area contributed by atoms with E-state index in [2.05, 4.69) is 4.98 Å². The highest BCUT2D eigenvalue weighted by Gasteiger charge is 2.23. The van der Waals surface area contributed by atoms with Crippen LogP contribution in [0.3, 0.4) is 0 Å². The molecule has 3 rings (SSSR count). The minimum absolute atomic E-state index is 0.0233. The molecule has 0 aliphatic rings. The fourth-order valence-corrected chi connectivity index (χ4v) is 4.18. The molecule has 6 nitrogen and oxygen atoms in total. The van der Waals surface area contributed by atoms with Gasteiger partial charge in [0.25, 0.3) is 0 Å². The van der Waals surface area contributed by atoms with Gasteiger partial charge in [-0.15, -0.1) is 0 Å². The Kier molecular flexibility index (Phi) is 5.79. The molecule has 0 fully saturated rings. The summed E-state index contributed by atoms with van der Waals surface area (Å²) in [4.78, 5) is 15.6. The number of hydrogen-bond acceptors (Lipinski definition) is 5. The van der Waals surface area contributed by atoms with Crippen LogP contribution in [-0.2, 0) is 9.84 Å². The predicted octanol–water partition coefficient (Wildman–Crippen LogP) is 4.32. The second-order valence-corrected chi connectivity index (χ2v) is 8.75. The molecule has 1 N–H and O–H groups in total. The summed E-state index contributed by atoms with van der Waals surface area (Å²) in [7, 11) is -3.91. The van der Waals surface area contributed by atoms with Crippen molar-refractivity contribution in [3.8, 4) is 17.4 Å². The van der Waals surface area contributed by atoms with Gasteiger partial charge < -0.3 is 14.5 Å². The second kappa shape index (κ2) is 8.13. The quantitative estimate of drug-likeness (QED) is 0.650. The number of hydrogen-bond donors (Lipinski definition) is 1. The first-order valence-electron chi connectivity index (χ1n) is 9.18. The number of sulfone groups is 1. The van der Waals surface area contributed by atoms with Crippen LogP contribution >= 0.6 is 0 Å².